The minimum atomic E-state index is -0.796. The highest BCUT2D eigenvalue weighted by atomic mass is 16.7. The summed E-state index contributed by atoms with van der Waals surface area (Å²) in [6.45, 7) is 7.83. The summed E-state index contributed by atoms with van der Waals surface area (Å²) in [6, 6.07) is 0. The van der Waals surface area contributed by atoms with Crippen molar-refractivity contribution in [2.75, 3.05) is 13.1 Å². The molecular formula is C19H28N2O7. The average molecular weight is 396 g/mol. The van der Waals surface area contributed by atoms with E-state index in [1.807, 2.05) is 0 Å². The van der Waals surface area contributed by atoms with Crippen molar-refractivity contribution < 1.29 is 33.4 Å². The number of rotatable bonds is 2. The molecule has 2 fully saturated rings. The van der Waals surface area contributed by atoms with Crippen molar-refractivity contribution in [1.82, 2.24) is 10.2 Å². The first kappa shape index (κ1) is 23.3. The number of nitrogens with zero attached hydrogens (tertiary/aromatic N) is 1. The summed E-state index contributed by atoms with van der Waals surface area (Å²) in [6.07, 6.45) is 4.10. The SMILES string of the molecule is CC(=O)CC(=O)N1CCCC1=O.CC1=CC(=O)OC(C)(C)O1.O=C1CCCN1. The van der Waals surface area contributed by atoms with Crippen LogP contribution in [0, 0.1) is 0 Å². The second-order valence-corrected chi connectivity index (χ2v) is 7.05. The molecule has 0 unspecified atom stereocenters. The van der Waals surface area contributed by atoms with E-state index in [0.717, 1.165) is 25.8 Å². The predicted molar refractivity (Wildman–Crippen MR) is 98.5 cm³/mol. The molecule has 3 amide bonds. The van der Waals surface area contributed by atoms with Gasteiger partial charge in [-0.05, 0) is 26.7 Å². The van der Waals surface area contributed by atoms with Crippen LogP contribution in [0.25, 0.3) is 0 Å². The smallest absolute Gasteiger partial charge is 0.337 e. The Morgan fingerprint density at radius 2 is 1.82 bits per heavy atom. The van der Waals surface area contributed by atoms with Gasteiger partial charge < -0.3 is 14.8 Å². The molecule has 0 saturated carbocycles. The Balaban J connectivity index is 0.000000221. The minimum absolute atomic E-state index is 0.147. The van der Waals surface area contributed by atoms with Crippen molar-refractivity contribution in [2.24, 2.45) is 0 Å². The number of cyclic esters (lactones) is 1. The third kappa shape index (κ3) is 8.79. The fourth-order valence-electron chi connectivity index (χ4n) is 2.66. The molecule has 1 N–H and O–H groups in total. The largest absolute Gasteiger partial charge is 0.457 e. The van der Waals surface area contributed by atoms with Crippen molar-refractivity contribution in [1.29, 1.82) is 0 Å². The van der Waals surface area contributed by atoms with E-state index in [1.54, 1.807) is 20.8 Å². The van der Waals surface area contributed by atoms with Crippen molar-refractivity contribution in [3.63, 3.8) is 0 Å². The number of hydrogen-bond acceptors (Lipinski definition) is 7. The topological polar surface area (TPSA) is 119 Å². The van der Waals surface area contributed by atoms with Gasteiger partial charge in [0, 0.05) is 39.8 Å². The number of allylic oxidation sites excluding steroid dienone is 1. The highest BCUT2D eigenvalue weighted by Gasteiger charge is 2.28. The zero-order valence-electron chi connectivity index (χ0n) is 16.8. The first-order chi connectivity index (χ1) is 13.0. The second-order valence-electron chi connectivity index (χ2n) is 7.05. The van der Waals surface area contributed by atoms with Crippen LogP contribution in [0.2, 0.25) is 0 Å². The molecule has 0 bridgehead atoms. The van der Waals surface area contributed by atoms with Crippen LogP contribution in [0.4, 0.5) is 0 Å². The number of amides is 3. The molecule has 3 aliphatic heterocycles. The quantitative estimate of drug-likeness (QED) is 0.550. The molecule has 0 spiro atoms. The Morgan fingerprint density at radius 3 is 2.18 bits per heavy atom. The average Bonchev–Trinajstić information content (AvgIpc) is 3.16. The fraction of sp³-hybridized carbons (Fsp3) is 0.632. The van der Waals surface area contributed by atoms with E-state index in [-0.39, 0.29) is 35.9 Å². The lowest BCUT2D eigenvalue weighted by Gasteiger charge is -2.29. The van der Waals surface area contributed by atoms with Gasteiger partial charge in [-0.2, -0.15) is 0 Å². The van der Waals surface area contributed by atoms with Gasteiger partial charge in [0.15, 0.2) is 0 Å². The van der Waals surface area contributed by atoms with Crippen LogP contribution in [0.1, 0.15) is 59.8 Å². The van der Waals surface area contributed by atoms with Gasteiger partial charge >= 0.3 is 5.97 Å². The number of likely N-dealkylation sites (tertiary alicyclic amines) is 1. The van der Waals surface area contributed by atoms with Crippen LogP contribution in [0.5, 0.6) is 0 Å². The number of imide groups is 1. The maximum absolute atomic E-state index is 11.2. The maximum atomic E-state index is 11.2. The van der Waals surface area contributed by atoms with E-state index in [2.05, 4.69) is 5.32 Å². The molecule has 0 aliphatic carbocycles. The summed E-state index contributed by atoms with van der Waals surface area (Å²) in [5.41, 5.74) is 0. The molecule has 0 aromatic heterocycles. The first-order valence-corrected chi connectivity index (χ1v) is 9.20. The minimum Gasteiger partial charge on any atom is -0.457 e. The van der Waals surface area contributed by atoms with Crippen LogP contribution >= 0.6 is 0 Å². The van der Waals surface area contributed by atoms with E-state index >= 15 is 0 Å². The summed E-state index contributed by atoms with van der Waals surface area (Å²) in [7, 11) is 0. The number of ether oxygens (including phenoxy) is 2. The lowest BCUT2D eigenvalue weighted by molar-refractivity contribution is -0.204. The molecule has 9 heteroatoms. The highest BCUT2D eigenvalue weighted by molar-refractivity contribution is 6.04. The number of carbonyl (C=O) groups excluding carboxylic acids is 5. The number of esters is 1. The molecule has 3 aliphatic rings. The van der Waals surface area contributed by atoms with E-state index in [0.29, 0.717) is 18.7 Å². The van der Waals surface area contributed by atoms with Crippen LogP contribution in [-0.2, 0) is 33.4 Å². The fourth-order valence-corrected chi connectivity index (χ4v) is 2.66. The van der Waals surface area contributed by atoms with Gasteiger partial charge in [0.1, 0.15) is 11.5 Å². The van der Waals surface area contributed by atoms with Crippen LogP contribution in [0.3, 0.4) is 0 Å². The molecule has 156 valence electrons. The van der Waals surface area contributed by atoms with E-state index < -0.39 is 5.79 Å². The third-order valence-corrected chi connectivity index (χ3v) is 3.75. The zero-order chi connectivity index (χ0) is 21.3. The maximum Gasteiger partial charge on any atom is 0.337 e. The molecule has 9 nitrogen and oxygen atoms in total. The van der Waals surface area contributed by atoms with Crippen LogP contribution in [-0.4, -0.2) is 53.3 Å². The standard InChI is InChI=1S/C8H11NO3.C7H10O3.C4H7NO/c1-6(10)5-8(12)9-4-2-3-7(9)11;1-5-4-6(8)10-7(2,3)9-5;6-4-2-1-3-5-4/h2-5H2,1H3;4H,1-3H3;1-3H2,(H,5,6). The zero-order valence-corrected chi connectivity index (χ0v) is 16.8. The van der Waals surface area contributed by atoms with Gasteiger partial charge in [-0.1, -0.05) is 0 Å². The number of hydrogen-bond donors (Lipinski definition) is 1. The van der Waals surface area contributed by atoms with Crippen LogP contribution in [0.15, 0.2) is 11.8 Å². The molecule has 3 rings (SSSR count). The highest BCUT2D eigenvalue weighted by Crippen LogP contribution is 2.20. The Labute approximate surface area is 164 Å². The second kappa shape index (κ2) is 10.6. The van der Waals surface area contributed by atoms with Gasteiger partial charge in [-0.15, -0.1) is 0 Å². The molecule has 0 radical (unpaired) electrons. The summed E-state index contributed by atoms with van der Waals surface area (Å²) < 4.78 is 9.97. The van der Waals surface area contributed by atoms with Crippen molar-refractivity contribution >= 4 is 29.5 Å². The lowest BCUT2D eigenvalue weighted by Crippen LogP contribution is -2.33. The third-order valence-electron chi connectivity index (χ3n) is 3.75. The molecule has 2 saturated heterocycles. The number of ketones is 1. The van der Waals surface area contributed by atoms with Crippen molar-refractivity contribution in [3.8, 4) is 0 Å². The van der Waals surface area contributed by atoms with Crippen molar-refractivity contribution in [2.45, 2.75) is 65.6 Å². The van der Waals surface area contributed by atoms with Gasteiger partial charge in [0.2, 0.25) is 23.5 Å². The van der Waals surface area contributed by atoms with Gasteiger partial charge in [0.05, 0.1) is 12.5 Å². The number of nitrogens with one attached hydrogen (secondary N) is 1. The number of Topliss-reactive ketones (excluding diaryl/α,β-unsaturated/α-hetero) is 1. The lowest BCUT2D eigenvalue weighted by atomic mass is 10.3. The normalized spacial score (nSPS) is 19.8. The summed E-state index contributed by atoms with van der Waals surface area (Å²) in [5, 5.41) is 2.68. The Morgan fingerprint density at radius 1 is 1.14 bits per heavy atom. The van der Waals surface area contributed by atoms with E-state index in [4.69, 9.17) is 9.47 Å². The van der Waals surface area contributed by atoms with E-state index in [1.165, 1.54) is 17.9 Å². The summed E-state index contributed by atoms with van der Waals surface area (Å²) in [4.78, 5) is 54.7. The van der Waals surface area contributed by atoms with Gasteiger partial charge in [-0.3, -0.25) is 24.1 Å². The summed E-state index contributed by atoms with van der Waals surface area (Å²) in [5.74, 6) is -1.04. The molecule has 0 atom stereocenters. The van der Waals surface area contributed by atoms with Gasteiger partial charge in [-0.25, -0.2) is 4.79 Å². The monoisotopic (exact) mass is 396 g/mol. The molecule has 0 aromatic carbocycles. The predicted octanol–water partition coefficient (Wildman–Crippen LogP) is 1.21. The van der Waals surface area contributed by atoms with Crippen molar-refractivity contribution in [3.05, 3.63) is 11.8 Å². The molecule has 3 heterocycles. The van der Waals surface area contributed by atoms with Gasteiger partial charge in [0.25, 0.3) is 0 Å². The Bertz CT molecular complexity index is 659. The first-order valence-electron chi connectivity index (χ1n) is 9.20. The van der Waals surface area contributed by atoms with E-state index in [9.17, 15) is 24.0 Å². The Hall–Kier alpha value is -2.71. The molecule has 0 aromatic rings. The molecule has 28 heavy (non-hydrogen) atoms. The summed E-state index contributed by atoms with van der Waals surface area (Å²) >= 11 is 0. The van der Waals surface area contributed by atoms with Crippen LogP contribution < -0.4 is 5.32 Å². The number of carbonyl (C=O) groups is 5. The Kier molecular flexibility index (Phi) is 8.81. The molecular weight excluding hydrogens is 368 g/mol.